The van der Waals surface area contributed by atoms with Gasteiger partial charge >= 0.3 is 21.1 Å². The third kappa shape index (κ3) is 4.54. The van der Waals surface area contributed by atoms with Crippen LogP contribution in [0.3, 0.4) is 0 Å². The van der Waals surface area contributed by atoms with Crippen molar-refractivity contribution in [2.24, 2.45) is 10.9 Å². The van der Waals surface area contributed by atoms with E-state index in [1.54, 1.807) is 0 Å². The zero-order valence-corrected chi connectivity index (χ0v) is 30.9. The number of rotatable bonds is 5. The fourth-order valence-electron chi connectivity index (χ4n) is 7.64. The van der Waals surface area contributed by atoms with Crippen molar-refractivity contribution in [3.8, 4) is 17.2 Å². The summed E-state index contributed by atoms with van der Waals surface area (Å²) in [7, 11) is 0. The van der Waals surface area contributed by atoms with Crippen molar-refractivity contribution in [2.75, 3.05) is 0 Å². The SMILES string of the molecule is Cc1cc(Oc2[c-]c3c(cc2C)C(C)(C)c2cccc4c5cccnc5n-3c24)[c-]c(C2=N[C@](C)(C(C)C)[C@@](C)(c3ccccc3)O2)c1.[Pt+2]. The van der Waals surface area contributed by atoms with Crippen molar-refractivity contribution in [1.29, 1.82) is 0 Å². The number of benzene rings is 4. The molecule has 244 valence electrons. The molecule has 0 saturated heterocycles. The van der Waals surface area contributed by atoms with Crippen molar-refractivity contribution in [1.82, 2.24) is 9.55 Å². The van der Waals surface area contributed by atoms with E-state index in [-0.39, 0.29) is 32.4 Å². The molecule has 2 aliphatic heterocycles. The van der Waals surface area contributed by atoms with Gasteiger partial charge in [-0.25, -0.2) is 4.98 Å². The van der Waals surface area contributed by atoms with E-state index in [1.165, 1.54) is 22.0 Å². The van der Waals surface area contributed by atoms with Gasteiger partial charge in [-0.1, -0.05) is 113 Å². The van der Waals surface area contributed by atoms with E-state index in [1.807, 2.05) is 24.4 Å². The third-order valence-electron chi connectivity index (χ3n) is 10.8. The van der Waals surface area contributed by atoms with Crippen LogP contribution in [-0.2, 0) is 36.8 Å². The van der Waals surface area contributed by atoms with E-state index in [0.717, 1.165) is 39.0 Å². The topological polar surface area (TPSA) is 48.6 Å². The Morgan fingerprint density at radius 3 is 2.33 bits per heavy atom. The second kappa shape index (κ2) is 11.2. The molecule has 6 aromatic rings. The maximum Gasteiger partial charge on any atom is 2.00 e. The van der Waals surface area contributed by atoms with Crippen LogP contribution in [0.15, 0.2) is 90.1 Å². The summed E-state index contributed by atoms with van der Waals surface area (Å²) < 4.78 is 15.8. The Kier molecular flexibility index (Phi) is 7.53. The van der Waals surface area contributed by atoms with Gasteiger partial charge in [0, 0.05) is 28.5 Å². The number of hydrogen-bond acceptors (Lipinski definition) is 4. The van der Waals surface area contributed by atoms with Gasteiger partial charge in [0.25, 0.3) is 0 Å². The number of para-hydroxylation sites is 1. The summed E-state index contributed by atoms with van der Waals surface area (Å²) >= 11 is 0. The first-order chi connectivity index (χ1) is 22.4. The minimum Gasteiger partial charge on any atom is -0.508 e. The maximum absolute atomic E-state index is 6.82. The van der Waals surface area contributed by atoms with E-state index in [9.17, 15) is 0 Å². The summed E-state index contributed by atoms with van der Waals surface area (Å²) in [5.74, 6) is 2.07. The Morgan fingerprint density at radius 1 is 0.833 bits per heavy atom. The van der Waals surface area contributed by atoms with Gasteiger partial charge in [-0.2, -0.15) is 6.07 Å². The van der Waals surface area contributed by atoms with Gasteiger partial charge in [-0.3, -0.25) is 4.99 Å². The molecule has 0 bridgehead atoms. The second-order valence-electron chi connectivity index (χ2n) is 14.3. The molecule has 2 aromatic heterocycles. The minimum atomic E-state index is -0.638. The average Bonchev–Trinajstić information content (AvgIpc) is 3.54. The normalized spacial score (nSPS) is 20.7. The average molecular weight is 813 g/mol. The summed E-state index contributed by atoms with van der Waals surface area (Å²) in [4.78, 5) is 10.1. The van der Waals surface area contributed by atoms with Crippen LogP contribution >= 0.6 is 0 Å². The molecule has 48 heavy (non-hydrogen) atoms. The first-order valence-electron chi connectivity index (χ1n) is 16.5. The van der Waals surface area contributed by atoms with Gasteiger partial charge in [0.1, 0.15) is 17.1 Å². The van der Waals surface area contributed by atoms with Crippen LogP contribution in [-0.4, -0.2) is 21.0 Å². The second-order valence-corrected chi connectivity index (χ2v) is 14.3. The van der Waals surface area contributed by atoms with Gasteiger partial charge in [0.15, 0.2) is 0 Å². The summed E-state index contributed by atoms with van der Waals surface area (Å²) in [5.41, 5.74) is 8.13. The van der Waals surface area contributed by atoms with Crippen molar-refractivity contribution >= 4 is 27.8 Å². The van der Waals surface area contributed by atoms with Crippen LogP contribution in [0.5, 0.6) is 11.5 Å². The quantitative estimate of drug-likeness (QED) is 0.163. The predicted octanol–water partition coefficient (Wildman–Crippen LogP) is 9.93. The summed E-state index contributed by atoms with van der Waals surface area (Å²) in [6.45, 7) is 17.5. The molecule has 0 aliphatic carbocycles. The van der Waals surface area contributed by atoms with Crippen molar-refractivity contribution in [3.63, 3.8) is 0 Å². The molecule has 5 nitrogen and oxygen atoms in total. The molecule has 0 spiro atoms. The van der Waals surface area contributed by atoms with E-state index < -0.39 is 11.1 Å². The largest absolute Gasteiger partial charge is 2.00 e. The molecule has 0 fully saturated rings. The molecule has 0 saturated carbocycles. The smallest absolute Gasteiger partial charge is 0.508 e. The molecule has 8 rings (SSSR count). The number of hydrogen-bond donors (Lipinski definition) is 0. The molecule has 0 unspecified atom stereocenters. The van der Waals surface area contributed by atoms with Crippen LogP contribution in [0, 0.1) is 31.9 Å². The van der Waals surface area contributed by atoms with E-state index in [4.69, 9.17) is 19.5 Å². The molecule has 0 amide bonds. The molecule has 4 aromatic carbocycles. The fourth-order valence-corrected chi connectivity index (χ4v) is 7.64. The van der Waals surface area contributed by atoms with E-state index >= 15 is 0 Å². The summed E-state index contributed by atoms with van der Waals surface area (Å²) in [5, 5.41) is 2.33. The standard InChI is InChI=1S/C42H39N3O2.Pt/c1-25(2)41(7)42(8,29-14-10-9-11-15-29)47-39(44-41)28-20-26(3)21-30(23-28)46-36-24-35-34(22-27(36)4)40(5,6)33-18-12-16-31-32-17-13-19-43-38(32)45(35)37(31)33;/h9-22,25H,1-8H3;/q-2;+2/t41-,42-;/m1./s1. The molecule has 2 aliphatic rings. The predicted molar refractivity (Wildman–Crippen MR) is 189 cm³/mol. The Bertz CT molecular complexity index is 2270. The van der Waals surface area contributed by atoms with E-state index in [0.29, 0.717) is 17.4 Å². The van der Waals surface area contributed by atoms with Crippen molar-refractivity contribution in [2.45, 2.75) is 71.9 Å². The van der Waals surface area contributed by atoms with Gasteiger partial charge in [0.05, 0.1) is 11.1 Å². The van der Waals surface area contributed by atoms with Crippen molar-refractivity contribution in [3.05, 3.63) is 131 Å². The molecular formula is C42H39N3O2Pt. The van der Waals surface area contributed by atoms with Crippen LogP contribution in [0.4, 0.5) is 0 Å². The van der Waals surface area contributed by atoms with Gasteiger partial charge < -0.3 is 14.0 Å². The molecule has 6 heteroatoms. The van der Waals surface area contributed by atoms with Gasteiger partial charge in [-0.15, -0.1) is 28.8 Å². The zero-order valence-electron chi connectivity index (χ0n) is 28.6. The van der Waals surface area contributed by atoms with Crippen LogP contribution < -0.4 is 4.74 Å². The van der Waals surface area contributed by atoms with Crippen molar-refractivity contribution < 1.29 is 30.5 Å². The maximum atomic E-state index is 6.82. The number of pyridine rings is 1. The summed E-state index contributed by atoms with van der Waals surface area (Å²) in [6.07, 6.45) is 1.86. The molecule has 0 radical (unpaired) electrons. The van der Waals surface area contributed by atoms with E-state index in [2.05, 4.69) is 133 Å². The Hall–Kier alpha value is -4.21. The number of ether oxygens (including phenoxy) is 2. The molecule has 4 heterocycles. The fraction of sp³-hybridized carbons (Fsp3) is 0.286. The number of aromatic nitrogens is 2. The minimum absolute atomic E-state index is 0. The number of aryl methyl sites for hydroxylation is 2. The third-order valence-corrected chi connectivity index (χ3v) is 10.8. The first-order valence-corrected chi connectivity index (χ1v) is 16.5. The van der Waals surface area contributed by atoms with Crippen LogP contribution in [0.2, 0.25) is 0 Å². The van der Waals surface area contributed by atoms with Crippen LogP contribution in [0.1, 0.15) is 74.9 Å². The number of aliphatic imine (C=N–C) groups is 1. The number of nitrogens with zero attached hydrogens (tertiary/aromatic N) is 3. The zero-order chi connectivity index (χ0) is 32.9. The number of fused-ring (bicyclic) bond motifs is 5. The monoisotopic (exact) mass is 812 g/mol. The molecular weight excluding hydrogens is 774 g/mol. The Labute approximate surface area is 297 Å². The first kappa shape index (κ1) is 32.3. The summed E-state index contributed by atoms with van der Waals surface area (Å²) in [6, 6.07) is 34.7. The van der Waals surface area contributed by atoms with Crippen LogP contribution in [0.25, 0.3) is 27.6 Å². The van der Waals surface area contributed by atoms with Gasteiger partial charge in [0.2, 0.25) is 0 Å². The van der Waals surface area contributed by atoms with Gasteiger partial charge in [-0.05, 0) is 48.4 Å². The Balaban J connectivity index is 0.00000364. The molecule has 0 N–H and O–H groups in total. The Morgan fingerprint density at radius 2 is 1.58 bits per heavy atom. The molecule has 2 atom stereocenters.